The second-order valence-electron chi connectivity index (χ2n) is 4.30. The molecule has 2 N–H and O–H groups in total. The minimum absolute atomic E-state index is 0.104. The molecule has 118 valence electrons. The summed E-state index contributed by atoms with van der Waals surface area (Å²) < 4.78 is 37.3. The van der Waals surface area contributed by atoms with Crippen LogP contribution in [-0.2, 0) is 12.6 Å². The van der Waals surface area contributed by atoms with Gasteiger partial charge in [-0.05, 0) is 36.3 Å². The third-order valence-corrected chi connectivity index (χ3v) is 3.84. The molecule has 2 aromatic rings. The van der Waals surface area contributed by atoms with Crippen molar-refractivity contribution in [1.29, 1.82) is 0 Å². The number of aromatic nitrogens is 1. The number of rotatable bonds is 4. The summed E-state index contributed by atoms with van der Waals surface area (Å²) in [6, 6.07) is 7.41. The van der Waals surface area contributed by atoms with Crippen molar-refractivity contribution in [2.24, 2.45) is 0 Å². The zero-order valence-electron chi connectivity index (χ0n) is 11.1. The van der Waals surface area contributed by atoms with Crippen LogP contribution >= 0.6 is 35.2 Å². The molecule has 2 rings (SSSR count). The van der Waals surface area contributed by atoms with E-state index in [1.165, 1.54) is 0 Å². The molecule has 1 heterocycles. The van der Waals surface area contributed by atoms with Gasteiger partial charge in [-0.25, -0.2) is 4.98 Å². The highest BCUT2D eigenvalue weighted by molar-refractivity contribution is 7.80. The lowest BCUT2D eigenvalue weighted by Gasteiger charge is -2.08. The molecule has 0 unspecified atom stereocenters. The largest absolute Gasteiger partial charge is 0.434 e. The molecular weight excluding hydrogens is 355 g/mol. The van der Waals surface area contributed by atoms with Gasteiger partial charge < -0.3 is 10.6 Å². The number of nitrogens with zero attached hydrogens (tertiary/aromatic N) is 1. The SMILES string of the molecule is FC(F)(F)c1csc(NC(=S)NCCc2cccc(Cl)c2)n1. The Bertz CT molecular complexity index is 658. The van der Waals surface area contributed by atoms with Crippen molar-refractivity contribution in [3.05, 3.63) is 45.9 Å². The molecule has 9 heteroatoms. The van der Waals surface area contributed by atoms with Crippen LogP contribution in [0.25, 0.3) is 0 Å². The highest BCUT2D eigenvalue weighted by Crippen LogP contribution is 2.31. The van der Waals surface area contributed by atoms with Crippen molar-refractivity contribution in [3.8, 4) is 0 Å². The summed E-state index contributed by atoms with van der Waals surface area (Å²) in [6.07, 6.45) is -3.76. The van der Waals surface area contributed by atoms with Gasteiger partial charge in [0, 0.05) is 16.9 Å². The van der Waals surface area contributed by atoms with Crippen LogP contribution in [0.1, 0.15) is 11.3 Å². The minimum atomic E-state index is -4.45. The van der Waals surface area contributed by atoms with Crippen molar-refractivity contribution < 1.29 is 13.2 Å². The quantitative estimate of drug-likeness (QED) is 0.790. The van der Waals surface area contributed by atoms with Gasteiger partial charge in [-0.2, -0.15) is 13.2 Å². The molecule has 0 radical (unpaired) electrons. The Morgan fingerprint density at radius 1 is 1.36 bits per heavy atom. The van der Waals surface area contributed by atoms with E-state index < -0.39 is 11.9 Å². The normalized spacial score (nSPS) is 11.3. The van der Waals surface area contributed by atoms with Crippen LogP contribution in [0.5, 0.6) is 0 Å². The molecule has 1 aromatic carbocycles. The van der Waals surface area contributed by atoms with Crippen LogP contribution in [0, 0.1) is 0 Å². The first kappa shape index (κ1) is 17.0. The molecule has 0 spiro atoms. The Morgan fingerprint density at radius 2 is 2.14 bits per heavy atom. The lowest BCUT2D eigenvalue weighted by molar-refractivity contribution is -0.140. The maximum Gasteiger partial charge on any atom is 0.434 e. The number of nitrogens with one attached hydrogen (secondary N) is 2. The van der Waals surface area contributed by atoms with E-state index in [9.17, 15) is 13.2 Å². The minimum Gasteiger partial charge on any atom is -0.362 e. The first-order chi connectivity index (χ1) is 10.3. The van der Waals surface area contributed by atoms with E-state index in [0.29, 0.717) is 18.0 Å². The second-order valence-corrected chi connectivity index (χ2v) is 6.00. The van der Waals surface area contributed by atoms with E-state index in [4.69, 9.17) is 23.8 Å². The Balaban J connectivity index is 1.80. The van der Waals surface area contributed by atoms with Crippen LogP contribution in [-0.4, -0.2) is 16.6 Å². The summed E-state index contributed by atoms with van der Waals surface area (Å²) in [5.74, 6) is 0. The number of halogens is 4. The third-order valence-electron chi connectivity index (χ3n) is 2.60. The van der Waals surface area contributed by atoms with Crippen LogP contribution in [0.3, 0.4) is 0 Å². The van der Waals surface area contributed by atoms with E-state index in [0.717, 1.165) is 22.3 Å². The Morgan fingerprint density at radius 3 is 2.77 bits per heavy atom. The summed E-state index contributed by atoms with van der Waals surface area (Å²) in [5, 5.41) is 7.47. The highest BCUT2D eigenvalue weighted by atomic mass is 35.5. The zero-order chi connectivity index (χ0) is 16.2. The lowest BCUT2D eigenvalue weighted by atomic mass is 10.1. The smallest absolute Gasteiger partial charge is 0.362 e. The van der Waals surface area contributed by atoms with Gasteiger partial charge in [0.05, 0.1) is 0 Å². The number of alkyl halides is 3. The van der Waals surface area contributed by atoms with Gasteiger partial charge in [-0.15, -0.1) is 11.3 Å². The summed E-state index contributed by atoms with van der Waals surface area (Å²) in [4.78, 5) is 3.44. The number of anilines is 1. The monoisotopic (exact) mass is 365 g/mol. The molecule has 3 nitrogen and oxygen atoms in total. The fourth-order valence-corrected chi connectivity index (χ4v) is 2.81. The van der Waals surface area contributed by atoms with Gasteiger partial charge >= 0.3 is 6.18 Å². The Kier molecular flexibility index (Phi) is 5.60. The fourth-order valence-electron chi connectivity index (χ4n) is 1.62. The zero-order valence-corrected chi connectivity index (χ0v) is 13.5. The summed E-state index contributed by atoms with van der Waals surface area (Å²) in [6.45, 7) is 0.531. The number of hydrogen-bond donors (Lipinski definition) is 2. The van der Waals surface area contributed by atoms with Crippen LogP contribution in [0.4, 0.5) is 18.3 Å². The van der Waals surface area contributed by atoms with Crippen LogP contribution in [0.2, 0.25) is 5.02 Å². The first-order valence-electron chi connectivity index (χ1n) is 6.16. The summed E-state index contributed by atoms with van der Waals surface area (Å²) >= 11 is 11.7. The average Bonchev–Trinajstić information content (AvgIpc) is 2.87. The molecule has 0 amide bonds. The van der Waals surface area contributed by atoms with Gasteiger partial charge in [-0.3, -0.25) is 0 Å². The van der Waals surface area contributed by atoms with E-state index in [1.807, 2.05) is 18.2 Å². The molecule has 0 saturated heterocycles. The van der Waals surface area contributed by atoms with Crippen molar-refractivity contribution in [2.45, 2.75) is 12.6 Å². The molecule has 0 bridgehead atoms. The van der Waals surface area contributed by atoms with Gasteiger partial charge in [0.15, 0.2) is 15.9 Å². The number of hydrogen-bond acceptors (Lipinski definition) is 3. The molecule has 0 aliphatic heterocycles. The predicted octanol–water partition coefficient (Wildman–Crippen LogP) is 4.34. The van der Waals surface area contributed by atoms with E-state index in [2.05, 4.69) is 15.6 Å². The van der Waals surface area contributed by atoms with Crippen molar-refractivity contribution in [2.75, 3.05) is 11.9 Å². The topological polar surface area (TPSA) is 37.0 Å². The summed E-state index contributed by atoms with van der Waals surface area (Å²) in [7, 11) is 0. The second kappa shape index (κ2) is 7.26. The maximum absolute atomic E-state index is 12.4. The average molecular weight is 366 g/mol. The maximum atomic E-state index is 12.4. The molecule has 0 fully saturated rings. The Hall–Kier alpha value is -1.38. The molecular formula is C13H11ClF3N3S2. The van der Waals surface area contributed by atoms with Crippen molar-refractivity contribution >= 4 is 45.4 Å². The summed E-state index contributed by atoms with van der Waals surface area (Å²) in [5.41, 5.74) is 0.109. The van der Waals surface area contributed by atoms with Crippen LogP contribution in [0.15, 0.2) is 29.6 Å². The lowest BCUT2D eigenvalue weighted by Crippen LogP contribution is -2.30. The van der Waals surface area contributed by atoms with Gasteiger partial charge in [0.1, 0.15) is 0 Å². The predicted molar refractivity (Wildman–Crippen MR) is 86.5 cm³/mol. The van der Waals surface area contributed by atoms with Gasteiger partial charge in [-0.1, -0.05) is 23.7 Å². The molecule has 0 aliphatic rings. The Labute approximate surface area is 139 Å². The molecule has 0 atom stereocenters. The van der Waals surface area contributed by atoms with Crippen LogP contribution < -0.4 is 10.6 Å². The van der Waals surface area contributed by atoms with Crippen molar-refractivity contribution in [1.82, 2.24) is 10.3 Å². The number of benzene rings is 1. The van der Waals surface area contributed by atoms with Crippen molar-refractivity contribution in [3.63, 3.8) is 0 Å². The van der Waals surface area contributed by atoms with Gasteiger partial charge in [0.2, 0.25) is 0 Å². The number of thiazole rings is 1. The van der Waals surface area contributed by atoms with Gasteiger partial charge in [0.25, 0.3) is 0 Å². The number of thiocarbonyl (C=S) groups is 1. The first-order valence-corrected chi connectivity index (χ1v) is 7.83. The molecule has 0 saturated carbocycles. The van der Waals surface area contributed by atoms with E-state index in [1.54, 1.807) is 6.07 Å². The standard InChI is InChI=1S/C13H11ClF3N3S2/c14-9-3-1-2-8(6-9)4-5-18-11(21)20-12-19-10(7-22-12)13(15,16)17/h1-3,6-7H,4-5H2,(H2,18,19,20,21). The molecule has 0 aliphatic carbocycles. The fraction of sp³-hybridized carbons (Fsp3) is 0.231. The highest BCUT2D eigenvalue weighted by Gasteiger charge is 2.33. The van der Waals surface area contributed by atoms with E-state index >= 15 is 0 Å². The van der Waals surface area contributed by atoms with E-state index in [-0.39, 0.29) is 10.2 Å². The molecule has 22 heavy (non-hydrogen) atoms. The molecule has 1 aromatic heterocycles. The third kappa shape index (κ3) is 5.11.